The van der Waals surface area contributed by atoms with E-state index in [2.05, 4.69) is 35.8 Å². The van der Waals surface area contributed by atoms with E-state index < -0.39 is 11.5 Å². The molecule has 0 saturated carbocycles. The molecule has 1 rings (SSSR count). The highest BCUT2D eigenvalue weighted by Gasteiger charge is 2.31. The molecule has 0 aromatic heterocycles. The Morgan fingerprint density at radius 1 is 1.16 bits per heavy atom. The van der Waals surface area contributed by atoms with Crippen LogP contribution >= 0.6 is 0 Å². The Labute approximate surface area is 229 Å². The number of hydrogen-bond acceptors (Lipinski definition) is 5. The molecular weight excluding hydrogens is 480 g/mol. The van der Waals surface area contributed by atoms with Gasteiger partial charge in [0, 0.05) is 19.1 Å². The zero-order valence-electron chi connectivity index (χ0n) is 24.5. The van der Waals surface area contributed by atoms with Crippen LogP contribution in [0.4, 0.5) is 0 Å². The Morgan fingerprint density at radius 2 is 1.84 bits per heavy atom. The van der Waals surface area contributed by atoms with Crippen molar-refractivity contribution in [3.63, 3.8) is 0 Å². The predicted molar refractivity (Wildman–Crippen MR) is 154 cm³/mol. The van der Waals surface area contributed by atoms with Crippen molar-refractivity contribution in [1.82, 2.24) is 10.6 Å². The molecule has 0 aromatic carbocycles. The van der Waals surface area contributed by atoms with Crippen LogP contribution in [-0.4, -0.2) is 50.9 Å². The number of allylic oxidation sites excluding steroid dienone is 5. The summed E-state index contributed by atoms with van der Waals surface area (Å²) in [6.07, 6.45) is 21.1. The molecule has 0 saturated heterocycles. The van der Waals surface area contributed by atoms with Crippen LogP contribution in [0, 0.1) is 11.3 Å². The van der Waals surface area contributed by atoms with E-state index in [1.165, 1.54) is 6.08 Å². The van der Waals surface area contributed by atoms with E-state index in [4.69, 9.17) is 14.2 Å². The van der Waals surface area contributed by atoms with Gasteiger partial charge in [0.05, 0.1) is 19.3 Å². The van der Waals surface area contributed by atoms with E-state index in [0.717, 1.165) is 24.2 Å². The lowest BCUT2D eigenvalue weighted by atomic mass is 9.86. The van der Waals surface area contributed by atoms with Crippen LogP contribution in [0.15, 0.2) is 72.2 Å². The summed E-state index contributed by atoms with van der Waals surface area (Å²) in [5, 5.41) is 5.62. The highest BCUT2D eigenvalue weighted by molar-refractivity contribution is 5.93. The Bertz CT molecular complexity index is 921. The van der Waals surface area contributed by atoms with E-state index >= 15 is 0 Å². The monoisotopic (exact) mass is 528 g/mol. The smallest absolute Gasteiger partial charge is 0.247 e. The van der Waals surface area contributed by atoms with E-state index in [-0.39, 0.29) is 29.9 Å². The molecule has 1 heterocycles. The van der Waals surface area contributed by atoms with Crippen molar-refractivity contribution < 1.29 is 23.8 Å². The number of carbonyl (C=O) groups excluding carboxylic acids is 2. The molecule has 0 aromatic rings. The molecule has 7 heteroatoms. The van der Waals surface area contributed by atoms with Crippen molar-refractivity contribution in [3.8, 4) is 0 Å². The molecule has 0 fully saturated rings. The molecule has 0 aliphatic carbocycles. The number of rotatable bonds is 14. The van der Waals surface area contributed by atoms with Crippen molar-refractivity contribution in [1.29, 1.82) is 0 Å². The van der Waals surface area contributed by atoms with E-state index in [0.29, 0.717) is 13.0 Å². The maximum absolute atomic E-state index is 12.8. The first-order valence-electron chi connectivity index (χ1n) is 13.3. The average molecular weight is 529 g/mol. The minimum atomic E-state index is -0.694. The number of carbonyl (C=O) groups is 2. The summed E-state index contributed by atoms with van der Waals surface area (Å²) in [7, 11) is 3.33. The van der Waals surface area contributed by atoms with Gasteiger partial charge in [0.2, 0.25) is 11.8 Å². The number of nitrogens with one attached hydrogen (secondary N) is 2. The van der Waals surface area contributed by atoms with Gasteiger partial charge >= 0.3 is 0 Å². The van der Waals surface area contributed by atoms with Gasteiger partial charge in [-0.1, -0.05) is 75.8 Å². The van der Waals surface area contributed by atoms with Gasteiger partial charge in [-0.15, -0.1) is 0 Å². The molecule has 2 amide bonds. The topological polar surface area (TPSA) is 85.9 Å². The fourth-order valence-electron chi connectivity index (χ4n) is 3.89. The molecule has 7 nitrogen and oxygen atoms in total. The van der Waals surface area contributed by atoms with Crippen LogP contribution in [0.2, 0.25) is 0 Å². The SMILES string of the molecule is C/C=C\C[C@@H](C/C=C\NC(=O)[C@@H](NC(=O)\C=C/C=C\C(C)=C\[C@H](C)[C@@H]1CC=C(OC)CO1)C(C)(C)C)OC. The lowest BCUT2D eigenvalue weighted by Gasteiger charge is -2.29. The lowest BCUT2D eigenvalue weighted by molar-refractivity contribution is -0.129. The van der Waals surface area contributed by atoms with Gasteiger partial charge in [0.15, 0.2) is 0 Å². The Kier molecular flexibility index (Phi) is 15.3. The maximum Gasteiger partial charge on any atom is 0.247 e. The highest BCUT2D eigenvalue weighted by atomic mass is 16.5. The number of hydrogen-bond donors (Lipinski definition) is 2. The minimum absolute atomic E-state index is 0.0548. The van der Waals surface area contributed by atoms with Gasteiger partial charge in [-0.25, -0.2) is 0 Å². The maximum atomic E-state index is 12.8. The third-order valence-electron chi connectivity index (χ3n) is 6.23. The van der Waals surface area contributed by atoms with Crippen LogP contribution < -0.4 is 10.6 Å². The summed E-state index contributed by atoms with van der Waals surface area (Å²) < 4.78 is 16.5. The van der Waals surface area contributed by atoms with Crippen molar-refractivity contribution in [3.05, 3.63) is 72.2 Å². The van der Waals surface area contributed by atoms with Crippen molar-refractivity contribution in [2.24, 2.45) is 11.3 Å². The fraction of sp³-hybridized carbons (Fsp3) is 0.548. The first kappa shape index (κ1) is 33.1. The Morgan fingerprint density at radius 3 is 2.42 bits per heavy atom. The second-order valence-corrected chi connectivity index (χ2v) is 10.6. The molecule has 38 heavy (non-hydrogen) atoms. The average Bonchev–Trinajstić information content (AvgIpc) is 2.88. The van der Waals surface area contributed by atoms with Crippen molar-refractivity contribution >= 4 is 11.8 Å². The van der Waals surface area contributed by atoms with Crippen LogP contribution in [0.5, 0.6) is 0 Å². The van der Waals surface area contributed by atoms with Crippen molar-refractivity contribution in [2.45, 2.75) is 79.1 Å². The van der Waals surface area contributed by atoms with Crippen LogP contribution in [0.3, 0.4) is 0 Å². The van der Waals surface area contributed by atoms with Crippen LogP contribution in [0.1, 0.15) is 60.8 Å². The van der Waals surface area contributed by atoms with Crippen molar-refractivity contribution in [2.75, 3.05) is 20.8 Å². The third-order valence-corrected chi connectivity index (χ3v) is 6.23. The van der Waals surface area contributed by atoms with E-state index in [1.807, 2.05) is 58.9 Å². The summed E-state index contributed by atoms with van der Waals surface area (Å²) in [5.41, 5.74) is 0.613. The largest absolute Gasteiger partial charge is 0.499 e. The summed E-state index contributed by atoms with van der Waals surface area (Å²) in [4.78, 5) is 25.4. The molecule has 0 spiro atoms. The Hall–Kier alpha value is -2.90. The van der Waals surface area contributed by atoms with Gasteiger partial charge in [-0.05, 0) is 50.8 Å². The highest BCUT2D eigenvalue weighted by Crippen LogP contribution is 2.22. The summed E-state index contributed by atoms with van der Waals surface area (Å²) in [5.74, 6) is 0.524. The molecule has 2 N–H and O–H groups in total. The van der Waals surface area contributed by atoms with Gasteiger partial charge < -0.3 is 24.8 Å². The molecule has 0 unspecified atom stereocenters. The number of methoxy groups -OCH3 is 2. The predicted octanol–water partition coefficient (Wildman–Crippen LogP) is 5.53. The zero-order valence-corrected chi connectivity index (χ0v) is 24.5. The minimum Gasteiger partial charge on any atom is -0.499 e. The van der Waals surface area contributed by atoms with Crippen LogP contribution in [0.25, 0.3) is 0 Å². The zero-order chi connectivity index (χ0) is 28.6. The van der Waals surface area contributed by atoms with Gasteiger partial charge in [-0.3, -0.25) is 9.59 Å². The third kappa shape index (κ3) is 13.1. The summed E-state index contributed by atoms with van der Waals surface area (Å²) in [6.45, 7) is 12.4. The first-order valence-corrected chi connectivity index (χ1v) is 13.3. The second-order valence-electron chi connectivity index (χ2n) is 10.6. The first-order chi connectivity index (χ1) is 18.0. The Balaban J connectivity index is 2.62. The van der Waals surface area contributed by atoms with Gasteiger partial charge in [0.25, 0.3) is 0 Å². The molecule has 0 bridgehead atoms. The van der Waals surface area contributed by atoms with E-state index in [9.17, 15) is 9.59 Å². The molecule has 0 radical (unpaired) electrons. The molecular formula is C31H48N2O5. The standard InChI is InChI=1S/C31H48N2O5/c1-9-10-15-25(36-7)16-13-20-32-30(35)29(31(4,5)6)33-28(34)17-12-11-14-23(2)21-24(3)27-19-18-26(37-8)22-38-27/h9-14,17-18,20-21,24-25,27,29H,15-16,19,22H2,1-8H3,(H,32,35)(H,33,34)/b10-9-,14-11-,17-12-,20-13-,23-21+/t24-,25-,27-,29+/m0/s1. The normalized spacial score (nSPS) is 19.6. The fourth-order valence-corrected chi connectivity index (χ4v) is 3.89. The lowest BCUT2D eigenvalue weighted by Crippen LogP contribution is -2.52. The van der Waals surface area contributed by atoms with Crippen LogP contribution in [-0.2, 0) is 23.8 Å². The summed E-state index contributed by atoms with van der Waals surface area (Å²) >= 11 is 0. The van der Waals surface area contributed by atoms with Gasteiger partial charge in [-0.2, -0.15) is 0 Å². The van der Waals surface area contributed by atoms with Gasteiger partial charge in [0.1, 0.15) is 18.4 Å². The molecule has 1 aliphatic heterocycles. The molecule has 212 valence electrons. The summed E-state index contributed by atoms with van der Waals surface area (Å²) in [6, 6.07) is -0.694. The molecule has 1 aliphatic rings. The quantitative estimate of drug-likeness (QED) is 0.176. The van der Waals surface area contributed by atoms with E-state index in [1.54, 1.807) is 26.5 Å². The second kappa shape index (κ2) is 17.6. The number of ether oxygens (including phenoxy) is 3. The molecule has 4 atom stereocenters. The number of amides is 2.